The second-order valence-electron chi connectivity index (χ2n) is 7.34. The van der Waals surface area contributed by atoms with E-state index in [-0.39, 0.29) is 29.9 Å². The second kappa shape index (κ2) is 11.3. The highest BCUT2D eigenvalue weighted by atomic mass is 127. The molecule has 1 aliphatic rings. The van der Waals surface area contributed by atoms with Crippen LogP contribution in [0.3, 0.4) is 0 Å². The number of halogens is 1. The van der Waals surface area contributed by atoms with Crippen LogP contribution in [0.1, 0.15) is 43.2 Å². The summed E-state index contributed by atoms with van der Waals surface area (Å²) in [6.07, 6.45) is 8.16. The van der Waals surface area contributed by atoms with Gasteiger partial charge in [-0.05, 0) is 43.4 Å². The molecule has 28 heavy (non-hydrogen) atoms. The average molecular weight is 497 g/mol. The molecule has 0 radical (unpaired) electrons. The number of aliphatic imine (C=N–C) groups is 1. The minimum Gasteiger partial charge on any atom is -0.361 e. The number of hydrogen-bond acceptors (Lipinski definition) is 2. The Kier molecular flexibility index (Phi) is 9.08. The van der Waals surface area contributed by atoms with Crippen molar-refractivity contribution in [2.24, 2.45) is 4.99 Å². The minimum atomic E-state index is 0. The third-order valence-electron chi connectivity index (χ3n) is 5.20. The molecule has 1 aromatic carbocycles. The molecule has 6 nitrogen and oxygen atoms in total. The zero-order valence-corrected chi connectivity index (χ0v) is 19.1. The van der Waals surface area contributed by atoms with E-state index in [0.29, 0.717) is 19.0 Å². The summed E-state index contributed by atoms with van der Waals surface area (Å²) in [7, 11) is 1.75. The number of carbonyl (C=O) groups is 1. The van der Waals surface area contributed by atoms with Crippen molar-refractivity contribution in [2.75, 3.05) is 20.1 Å². The summed E-state index contributed by atoms with van der Waals surface area (Å²) >= 11 is 0. The van der Waals surface area contributed by atoms with Gasteiger partial charge in [-0.2, -0.15) is 0 Å². The molecule has 1 saturated carbocycles. The maximum Gasteiger partial charge on any atom is 0.221 e. The lowest BCUT2D eigenvalue weighted by atomic mass is 10.1. The van der Waals surface area contributed by atoms with Gasteiger partial charge in [0.2, 0.25) is 5.91 Å². The van der Waals surface area contributed by atoms with Crippen LogP contribution in [0.25, 0.3) is 10.9 Å². The average Bonchev–Trinajstić information content (AvgIpc) is 3.30. The van der Waals surface area contributed by atoms with Crippen LogP contribution in [-0.2, 0) is 11.2 Å². The Balaban J connectivity index is 0.00000280. The fraction of sp³-hybridized carbons (Fsp3) is 0.524. The van der Waals surface area contributed by atoms with E-state index in [2.05, 4.69) is 57.2 Å². The molecule has 1 amide bonds. The maximum atomic E-state index is 12.0. The summed E-state index contributed by atoms with van der Waals surface area (Å²) in [5.74, 6) is 0.860. The number of fused-ring (bicyclic) bond motifs is 1. The number of nitrogens with zero attached hydrogens (tertiary/aromatic N) is 1. The number of carbonyl (C=O) groups excluding carboxylic acids is 1. The summed E-state index contributed by atoms with van der Waals surface area (Å²) in [6.45, 7) is 3.48. The Bertz CT molecular complexity index is 795. The monoisotopic (exact) mass is 497 g/mol. The Morgan fingerprint density at radius 3 is 2.71 bits per heavy atom. The van der Waals surface area contributed by atoms with Crippen LogP contribution in [0.2, 0.25) is 0 Å². The molecular formula is C21H32IN5O. The van der Waals surface area contributed by atoms with Crippen molar-refractivity contribution < 1.29 is 4.79 Å². The van der Waals surface area contributed by atoms with Crippen LogP contribution in [0, 0.1) is 6.92 Å². The highest BCUT2D eigenvalue weighted by molar-refractivity contribution is 14.0. The fourth-order valence-electron chi connectivity index (χ4n) is 3.71. The molecule has 0 atom stereocenters. The molecule has 1 aliphatic carbocycles. The Labute approximate surface area is 184 Å². The van der Waals surface area contributed by atoms with Gasteiger partial charge >= 0.3 is 0 Å². The van der Waals surface area contributed by atoms with E-state index in [1.54, 1.807) is 7.05 Å². The number of aryl methyl sites for hydroxylation is 1. The van der Waals surface area contributed by atoms with Crippen LogP contribution >= 0.6 is 24.0 Å². The van der Waals surface area contributed by atoms with Gasteiger partial charge in [-0.15, -0.1) is 24.0 Å². The zero-order valence-electron chi connectivity index (χ0n) is 16.8. The molecule has 1 heterocycles. The number of aromatic amines is 1. The van der Waals surface area contributed by atoms with Crippen molar-refractivity contribution in [3.05, 3.63) is 35.5 Å². The number of amides is 1. The molecule has 154 valence electrons. The molecule has 1 fully saturated rings. The lowest BCUT2D eigenvalue weighted by Crippen LogP contribution is -2.41. The lowest BCUT2D eigenvalue weighted by Gasteiger charge is -2.14. The SMILES string of the molecule is CN=C(NCCC(=O)NC1CCCC1)NCCc1c[nH]c2cc(C)ccc12.I. The molecule has 3 rings (SSSR count). The van der Waals surface area contributed by atoms with Crippen LogP contribution in [0.5, 0.6) is 0 Å². The first-order valence-corrected chi connectivity index (χ1v) is 9.96. The van der Waals surface area contributed by atoms with E-state index < -0.39 is 0 Å². The standard InChI is InChI=1S/C21H31N5O.HI/c1-15-7-8-18-16(14-25-19(18)13-15)9-11-23-21(22-2)24-12-10-20(27)26-17-5-3-4-6-17;/h7-8,13-14,17,25H,3-6,9-12H2,1-2H3,(H,26,27)(H2,22,23,24);1H. The summed E-state index contributed by atoms with van der Waals surface area (Å²) in [6, 6.07) is 6.87. The predicted molar refractivity (Wildman–Crippen MR) is 127 cm³/mol. The summed E-state index contributed by atoms with van der Waals surface area (Å²) in [5.41, 5.74) is 3.74. The Morgan fingerprint density at radius 1 is 1.21 bits per heavy atom. The van der Waals surface area contributed by atoms with Gasteiger partial charge in [-0.25, -0.2) is 0 Å². The van der Waals surface area contributed by atoms with Crippen molar-refractivity contribution in [3.63, 3.8) is 0 Å². The van der Waals surface area contributed by atoms with Crippen LogP contribution in [-0.4, -0.2) is 43.0 Å². The summed E-state index contributed by atoms with van der Waals surface area (Å²) in [5, 5.41) is 10.9. The largest absolute Gasteiger partial charge is 0.361 e. The van der Waals surface area contributed by atoms with Crippen molar-refractivity contribution in [2.45, 2.75) is 51.5 Å². The number of hydrogen-bond donors (Lipinski definition) is 4. The fourth-order valence-corrected chi connectivity index (χ4v) is 3.71. The Hall–Kier alpha value is -1.77. The molecular weight excluding hydrogens is 465 g/mol. The molecule has 7 heteroatoms. The molecule has 1 aromatic heterocycles. The first-order valence-electron chi connectivity index (χ1n) is 9.96. The first-order chi connectivity index (χ1) is 13.2. The lowest BCUT2D eigenvalue weighted by molar-refractivity contribution is -0.121. The van der Waals surface area contributed by atoms with E-state index in [4.69, 9.17) is 0 Å². The number of rotatable bonds is 7. The second-order valence-corrected chi connectivity index (χ2v) is 7.34. The molecule has 0 unspecified atom stereocenters. The molecule has 0 bridgehead atoms. The van der Waals surface area contributed by atoms with Gasteiger partial charge in [-0.3, -0.25) is 9.79 Å². The molecule has 2 aromatic rings. The van der Waals surface area contributed by atoms with E-state index >= 15 is 0 Å². The summed E-state index contributed by atoms with van der Waals surface area (Å²) in [4.78, 5) is 19.5. The van der Waals surface area contributed by atoms with Gasteiger partial charge in [0.15, 0.2) is 5.96 Å². The minimum absolute atomic E-state index is 0. The number of H-pyrrole nitrogens is 1. The molecule has 0 spiro atoms. The van der Waals surface area contributed by atoms with E-state index in [9.17, 15) is 4.79 Å². The van der Waals surface area contributed by atoms with Crippen molar-refractivity contribution >= 4 is 46.7 Å². The van der Waals surface area contributed by atoms with Crippen LogP contribution < -0.4 is 16.0 Å². The number of aromatic nitrogens is 1. The highest BCUT2D eigenvalue weighted by Crippen LogP contribution is 2.19. The molecule has 4 N–H and O–H groups in total. The third kappa shape index (κ3) is 6.39. The summed E-state index contributed by atoms with van der Waals surface area (Å²) < 4.78 is 0. The number of benzene rings is 1. The normalized spacial score (nSPS) is 14.7. The van der Waals surface area contributed by atoms with Gasteiger partial charge in [0.25, 0.3) is 0 Å². The first kappa shape index (κ1) is 22.5. The number of nitrogens with one attached hydrogen (secondary N) is 4. The van der Waals surface area contributed by atoms with Crippen molar-refractivity contribution in [1.29, 1.82) is 0 Å². The van der Waals surface area contributed by atoms with Crippen molar-refractivity contribution in [1.82, 2.24) is 20.9 Å². The molecule has 0 aliphatic heterocycles. The van der Waals surface area contributed by atoms with E-state index in [1.807, 2.05) is 0 Å². The van der Waals surface area contributed by atoms with Crippen LogP contribution in [0.15, 0.2) is 29.4 Å². The highest BCUT2D eigenvalue weighted by Gasteiger charge is 2.16. The van der Waals surface area contributed by atoms with Gasteiger partial charge in [-0.1, -0.05) is 25.0 Å². The van der Waals surface area contributed by atoms with E-state index in [1.165, 1.54) is 34.9 Å². The smallest absolute Gasteiger partial charge is 0.221 e. The van der Waals surface area contributed by atoms with Gasteiger partial charge in [0.05, 0.1) is 0 Å². The third-order valence-corrected chi connectivity index (χ3v) is 5.20. The van der Waals surface area contributed by atoms with E-state index in [0.717, 1.165) is 31.8 Å². The van der Waals surface area contributed by atoms with Crippen LogP contribution in [0.4, 0.5) is 0 Å². The quantitative estimate of drug-likeness (QED) is 0.269. The molecule has 0 saturated heterocycles. The number of guanidine groups is 1. The van der Waals surface area contributed by atoms with Crippen molar-refractivity contribution in [3.8, 4) is 0 Å². The van der Waals surface area contributed by atoms with Gasteiger partial charge in [0.1, 0.15) is 0 Å². The Morgan fingerprint density at radius 2 is 1.96 bits per heavy atom. The van der Waals surface area contributed by atoms with Gasteiger partial charge < -0.3 is 20.9 Å². The maximum absolute atomic E-state index is 12.0. The topological polar surface area (TPSA) is 81.3 Å². The van der Waals surface area contributed by atoms with Gasteiger partial charge in [0, 0.05) is 49.7 Å². The predicted octanol–water partition coefficient (Wildman–Crippen LogP) is 3.25. The zero-order chi connectivity index (χ0) is 19.1.